The molecule has 8 nitrogen and oxygen atoms in total. The van der Waals surface area contributed by atoms with E-state index in [0.29, 0.717) is 31.1 Å². The minimum Gasteiger partial charge on any atom is -0.393 e. The van der Waals surface area contributed by atoms with Crippen molar-refractivity contribution in [2.24, 2.45) is 0 Å². The minimum absolute atomic E-state index is 0.0525. The topological polar surface area (TPSA) is 90.5 Å². The summed E-state index contributed by atoms with van der Waals surface area (Å²) in [4.78, 5) is 9.22. The maximum absolute atomic E-state index is 9.82. The summed E-state index contributed by atoms with van der Waals surface area (Å²) >= 11 is 0. The molecule has 2 aliphatic heterocycles. The zero-order valence-corrected chi connectivity index (χ0v) is 19.2. The monoisotopic (exact) mass is 458 g/mol. The van der Waals surface area contributed by atoms with Crippen LogP contribution in [0.2, 0.25) is 0 Å². The molecule has 1 atom stereocenters. The van der Waals surface area contributed by atoms with E-state index in [4.69, 9.17) is 20.2 Å². The van der Waals surface area contributed by atoms with Crippen LogP contribution in [0.5, 0.6) is 0 Å². The van der Waals surface area contributed by atoms with Gasteiger partial charge in [0.05, 0.1) is 36.8 Å². The number of aliphatic hydroxyl groups is 1. The Labute approximate surface area is 199 Å². The number of rotatable bonds is 5. The van der Waals surface area contributed by atoms with Gasteiger partial charge in [-0.2, -0.15) is 0 Å². The molecule has 2 aromatic heterocycles. The molecule has 2 N–H and O–H groups in total. The molecular formula is C26H30N6O2. The predicted molar refractivity (Wildman–Crippen MR) is 132 cm³/mol. The lowest BCUT2D eigenvalue weighted by Gasteiger charge is -2.36. The second kappa shape index (κ2) is 9.79. The Hall–Kier alpha value is -3.49. The summed E-state index contributed by atoms with van der Waals surface area (Å²) in [5, 5.41) is 23.1. The molecule has 3 aromatic rings. The average Bonchev–Trinajstić information content (AvgIpc) is 2.90. The molecule has 8 heteroatoms. The number of benzene rings is 1. The van der Waals surface area contributed by atoms with Gasteiger partial charge in [-0.15, -0.1) is 5.10 Å². The van der Waals surface area contributed by atoms with Gasteiger partial charge in [0.1, 0.15) is 17.1 Å². The van der Waals surface area contributed by atoms with E-state index < -0.39 is 0 Å². The number of aliphatic hydroxyl groups excluding tert-OH is 1. The number of anilines is 2. The van der Waals surface area contributed by atoms with Crippen LogP contribution in [0, 0.1) is 5.41 Å². The van der Waals surface area contributed by atoms with Crippen molar-refractivity contribution < 1.29 is 9.84 Å². The normalized spacial score (nSPS) is 19.3. The third-order valence-electron chi connectivity index (χ3n) is 6.50. The Morgan fingerprint density at radius 2 is 1.76 bits per heavy atom. The molecule has 0 amide bonds. The maximum atomic E-state index is 9.82. The van der Waals surface area contributed by atoms with Crippen molar-refractivity contribution in [3.8, 4) is 0 Å². The fraction of sp³-hybridized carbons (Fsp3) is 0.346. The molecule has 176 valence electrons. The molecule has 0 bridgehead atoms. The average molecular weight is 459 g/mol. The van der Waals surface area contributed by atoms with Crippen molar-refractivity contribution in [3.05, 3.63) is 84.0 Å². The van der Waals surface area contributed by atoms with Gasteiger partial charge in [-0.05, 0) is 42.7 Å². The molecule has 0 radical (unpaired) electrons. The highest BCUT2D eigenvalue weighted by Crippen LogP contribution is 2.28. The van der Waals surface area contributed by atoms with E-state index in [1.54, 1.807) is 10.7 Å². The van der Waals surface area contributed by atoms with Gasteiger partial charge in [0.15, 0.2) is 0 Å². The van der Waals surface area contributed by atoms with Crippen molar-refractivity contribution in [2.45, 2.75) is 25.0 Å². The molecule has 5 rings (SSSR count). The standard InChI is InChI=1S/C26H30N6O2/c1-19(22-8-5-9-25(28-22)30-14-12-21(33)13-15-30)32-24(27)10-11-26(29-32)31-16-17-34-18-23(31)20-6-3-2-4-7-20/h2-11,21,23,27,33H,1,12-18H2. The molecule has 2 aliphatic rings. The van der Waals surface area contributed by atoms with Crippen LogP contribution in [0.4, 0.5) is 11.6 Å². The van der Waals surface area contributed by atoms with Crippen LogP contribution < -0.4 is 15.3 Å². The first-order chi connectivity index (χ1) is 16.6. The lowest BCUT2D eigenvalue weighted by molar-refractivity contribution is 0.0935. The lowest BCUT2D eigenvalue weighted by Crippen LogP contribution is -2.41. The fourth-order valence-corrected chi connectivity index (χ4v) is 4.57. The van der Waals surface area contributed by atoms with E-state index in [0.717, 1.165) is 37.6 Å². The smallest absolute Gasteiger partial charge is 0.150 e. The van der Waals surface area contributed by atoms with Crippen molar-refractivity contribution in [2.75, 3.05) is 42.6 Å². The first-order valence-electron chi connectivity index (χ1n) is 11.7. The molecule has 0 spiro atoms. The van der Waals surface area contributed by atoms with Gasteiger partial charge in [0.25, 0.3) is 0 Å². The first-order valence-corrected chi connectivity index (χ1v) is 11.7. The van der Waals surface area contributed by atoms with Gasteiger partial charge in [-0.25, -0.2) is 9.67 Å². The summed E-state index contributed by atoms with van der Waals surface area (Å²) in [6, 6.07) is 19.8. The van der Waals surface area contributed by atoms with Crippen LogP contribution in [0.25, 0.3) is 5.70 Å². The number of aromatic nitrogens is 3. The summed E-state index contributed by atoms with van der Waals surface area (Å²) in [6.45, 7) is 7.70. The quantitative estimate of drug-likeness (QED) is 0.611. The minimum atomic E-state index is -0.234. The number of ether oxygens (including phenoxy) is 1. The van der Waals surface area contributed by atoms with Crippen molar-refractivity contribution >= 4 is 17.3 Å². The van der Waals surface area contributed by atoms with Crippen LogP contribution in [-0.2, 0) is 4.74 Å². The summed E-state index contributed by atoms with van der Waals surface area (Å²) in [5.74, 6) is 1.63. The number of piperidine rings is 1. The van der Waals surface area contributed by atoms with E-state index in [1.807, 2.05) is 42.5 Å². The van der Waals surface area contributed by atoms with Gasteiger partial charge in [0.2, 0.25) is 0 Å². The van der Waals surface area contributed by atoms with Gasteiger partial charge in [0, 0.05) is 19.6 Å². The van der Waals surface area contributed by atoms with Gasteiger partial charge >= 0.3 is 0 Å². The number of morpholine rings is 1. The van der Waals surface area contributed by atoms with Crippen molar-refractivity contribution in [1.82, 2.24) is 14.8 Å². The number of hydrogen-bond donors (Lipinski definition) is 2. The summed E-state index contributed by atoms with van der Waals surface area (Å²) < 4.78 is 7.33. The molecule has 1 unspecified atom stereocenters. The number of nitrogens with zero attached hydrogens (tertiary/aromatic N) is 5. The first kappa shape index (κ1) is 22.3. The highest BCUT2D eigenvalue weighted by molar-refractivity contribution is 5.62. The maximum Gasteiger partial charge on any atom is 0.150 e. The molecule has 0 saturated carbocycles. The van der Waals surface area contributed by atoms with E-state index in [1.165, 1.54) is 5.56 Å². The fourth-order valence-electron chi connectivity index (χ4n) is 4.57. The summed E-state index contributed by atoms with van der Waals surface area (Å²) in [7, 11) is 0. The highest BCUT2D eigenvalue weighted by atomic mass is 16.5. The van der Waals surface area contributed by atoms with E-state index >= 15 is 0 Å². The SMILES string of the molecule is C=C(c1cccc(N2CCC(O)CC2)n1)n1nc(N2CCOCC2c2ccccc2)ccc1=N. The van der Waals surface area contributed by atoms with E-state index in [2.05, 4.69) is 28.5 Å². The van der Waals surface area contributed by atoms with Crippen LogP contribution in [-0.4, -0.2) is 58.8 Å². The second-order valence-corrected chi connectivity index (χ2v) is 8.73. The predicted octanol–water partition coefficient (Wildman–Crippen LogP) is 2.82. The van der Waals surface area contributed by atoms with Crippen molar-refractivity contribution in [3.63, 3.8) is 0 Å². The molecule has 0 aliphatic carbocycles. The second-order valence-electron chi connectivity index (χ2n) is 8.73. The van der Waals surface area contributed by atoms with Gasteiger partial charge in [-0.3, -0.25) is 5.41 Å². The number of nitrogens with one attached hydrogen (secondary N) is 1. The largest absolute Gasteiger partial charge is 0.393 e. The molecule has 2 fully saturated rings. The molecule has 4 heterocycles. The Bertz CT molecular complexity index is 1200. The van der Waals surface area contributed by atoms with Crippen molar-refractivity contribution in [1.29, 1.82) is 5.41 Å². The Morgan fingerprint density at radius 1 is 0.971 bits per heavy atom. The number of hydrogen-bond acceptors (Lipinski definition) is 7. The highest BCUT2D eigenvalue weighted by Gasteiger charge is 2.26. The molecule has 2 saturated heterocycles. The Morgan fingerprint density at radius 3 is 2.56 bits per heavy atom. The molecule has 34 heavy (non-hydrogen) atoms. The third kappa shape index (κ3) is 4.60. The summed E-state index contributed by atoms with van der Waals surface area (Å²) in [5.41, 5.74) is 2.64. The van der Waals surface area contributed by atoms with Crippen LogP contribution in [0.1, 0.15) is 30.1 Å². The van der Waals surface area contributed by atoms with Crippen LogP contribution in [0.15, 0.2) is 67.2 Å². The Kier molecular flexibility index (Phi) is 6.42. The van der Waals surface area contributed by atoms with E-state index in [9.17, 15) is 5.11 Å². The lowest BCUT2D eigenvalue weighted by atomic mass is 10.1. The zero-order valence-electron chi connectivity index (χ0n) is 19.2. The molecular weight excluding hydrogens is 428 g/mol. The molecule has 1 aromatic carbocycles. The van der Waals surface area contributed by atoms with E-state index in [-0.39, 0.29) is 17.6 Å². The Balaban J connectivity index is 1.43. The zero-order chi connectivity index (χ0) is 23.5. The number of pyridine rings is 1. The van der Waals surface area contributed by atoms with Crippen LogP contribution >= 0.6 is 0 Å². The van der Waals surface area contributed by atoms with Gasteiger partial charge in [-0.1, -0.05) is 43.0 Å². The van der Waals surface area contributed by atoms with Gasteiger partial charge < -0.3 is 19.6 Å². The summed E-state index contributed by atoms with van der Waals surface area (Å²) in [6.07, 6.45) is 1.25. The third-order valence-corrected chi connectivity index (χ3v) is 6.50. The van der Waals surface area contributed by atoms with Crippen LogP contribution in [0.3, 0.4) is 0 Å².